The highest BCUT2D eigenvalue weighted by Crippen LogP contribution is 2.20. The molecule has 0 amide bonds. The zero-order valence-corrected chi connectivity index (χ0v) is 10.7. The van der Waals surface area contributed by atoms with Gasteiger partial charge in [-0.05, 0) is 30.2 Å². The van der Waals surface area contributed by atoms with Crippen molar-refractivity contribution in [3.05, 3.63) is 71.7 Å². The second-order valence-corrected chi connectivity index (χ2v) is 4.70. The van der Waals surface area contributed by atoms with E-state index in [-0.39, 0.29) is 6.04 Å². The lowest BCUT2D eigenvalue weighted by molar-refractivity contribution is 0.827. The Kier molecular flexibility index (Phi) is 2.97. The van der Waals surface area contributed by atoms with Crippen LogP contribution in [-0.2, 0) is 0 Å². The van der Waals surface area contributed by atoms with Crippen LogP contribution in [0.5, 0.6) is 0 Å². The average molecular weight is 249 g/mol. The number of nitrogens with zero attached hydrogens (tertiary/aromatic N) is 2. The van der Waals surface area contributed by atoms with Gasteiger partial charge in [0.2, 0.25) is 0 Å². The minimum Gasteiger partial charge on any atom is -0.319 e. The first-order valence-electron chi connectivity index (χ1n) is 6.27. The van der Waals surface area contributed by atoms with Gasteiger partial charge < -0.3 is 5.73 Å². The minimum absolute atomic E-state index is 0.239. The molecule has 94 valence electrons. The fourth-order valence-electron chi connectivity index (χ4n) is 2.17. The highest BCUT2D eigenvalue weighted by atomic mass is 14.8. The summed E-state index contributed by atoms with van der Waals surface area (Å²) in [5, 5.41) is 1.13. The van der Waals surface area contributed by atoms with Crippen LogP contribution < -0.4 is 5.73 Å². The Labute approximate surface area is 112 Å². The van der Waals surface area contributed by atoms with Crippen LogP contribution in [0.2, 0.25) is 0 Å². The first-order chi connectivity index (χ1) is 9.24. The van der Waals surface area contributed by atoms with Crippen LogP contribution in [-0.4, -0.2) is 9.97 Å². The Morgan fingerprint density at radius 2 is 1.89 bits per heavy atom. The molecule has 1 aromatic carbocycles. The van der Waals surface area contributed by atoms with Gasteiger partial charge in [0.05, 0.1) is 17.3 Å². The molecular formula is C16H15N3. The fourth-order valence-corrected chi connectivity index (χ4v) is 2.17. The molecule has 2 heterocycles. The molecule has 3 rings (SSSR count). The van der Waals surface area contributed by atoms with Crippen LogP contribution in [0.1, 0.15) is 22.9 Å². The molecule has 19 heavy (non-hydrogen) atoms. The van der Waals surface area contributed by atoms with E-state index in [1.54, 1.807) is 6.20 Å². The van der Waals surface area contributed by atoms with Crippen molar-refractivity contribution in [2.45, 2.75) is 13.0 Å². The Bertz CT molecular complexity index is 722. The Morgan fingerprint density at radius 3 is 2.74 bits per heavy atom. The summed E-state index contributed by atoms with van der Waals surface area (Å²) in [5.74, 6) is 0. The van der Waals surface area contributed by atoms with Gasteiger partial charge in [0.25, 0.3) is 0 Å². The maximum absolute atomic E-state index is 6.27. The first kappa shape index (κ1) is 11.8. The number of aryl methyl sites for hydroxylation is 1. The fraction of sp³-hybridized carbons (Fsp3) is 0.125. The van der Waals surface area contributed by atoms with Gasteiger partial charge in [-0.15, -0.1) is 0 Å². The summed E-state index contributed by atoms with van der Waals surface area (Å²) in [7, 11) is 0. The van der Waals surface area contributed by atoms with Crippen molar-refractivity contribution < 1.29 is 0 Å². The number of nitrogens with two attached hydrogens (primary N) is 1. The molecule has 3 heteroatoms. The molecule has 2 aromatic heterocycles. The molecule has 0 aliphatic carbocycles. The summed E-state index contributed by atoms with van der Waals surface area (Å²) in [5.41, 5.74) is 10.2. The third-order valence-corrected chi connectivity index (χ3v) is 3.19. The van der Waals surface area contributed by atoms with Crippen molar-refractivity contribution in [2.75, 3.05) is 0 Å². The number of pyridine rings is 2. The smallest absolute Gasteiger partial charge is 0.0741 e. The summed E-state index contributed by atoms with van der Waals surface area (Å²) in [6, 6.07) is 13.9. The summed E-state index contributed by atoms with van der Waals surface area (Å²) in [6.07, 6.45) is 3.62. The van der Waals surface area contributed by atoms with Gasteiger partial charge in [-0.25, -0.2) is 0 Å². The van der Waals surface area contributed by atoms with Gasteiger partial charge in [0.1, 0.15) is 0 Å². The van der Waals surface area contributed by atoms with E-state index in [2.05, 4.69) is 22.1 Å². The number of hydrogen-bond donors (Lipinski definition) is 1. The van der Waals surface area contributed by atoms with Crippen LogP contribution in [0.15, 0.2) is 54.9 Å². The average Bonchev–Trinajstić information content (AvgIpc) is 2.46. The number of fused-ring (bicyclic) bond motifs is 1. The van der Waals surface area contributed by atoms with Gasteiger partial charge in [-0.3, -0.25) is 9.97 Å². The molecule has 3 aromatic rings. The van der Waals surface area contributed by atoms with E-state index >= 15 is 0 Å². The van der Waals surface area contributed by atoms with Crippen molar-refractivity contribution in [1.29, 1.82) is 0 Å². The summed E-state index contributed by atoms with van der Waals surface area (Å²) in [6.45, 7) is 2.01. The predicted molar refractivity (Wildman–Crippen MR) is 76.7 cm³/mol. The summed E-state index contributed by atoms with van der Waals surface area (Å²) >= 11 is 0. The van der Waals surface area contributed by atoms with E-state index in [4.69, 9.17) is 5.73 Å². The van der Waals surface area contributed by atoms with Gasteiger partial charge >= 0.3 is 0 Å². The van der Waals surface area contributed by atoms with Gasteiger partial charge in [0, 0.05) is 17.8 Å². The van der Waals surface area contributed by atoms with Crippen molar-refractivity contribution in [3.63, 3.8) is 0 Å². The molecule has 0 saturated heterocycles. The van der Waals surface area contributed by atoms with Crippen molar-refractivity contribution in [1.82, 2.24) is 9.97 Å². The van der Waals surface area contributed by atoms with Gasteiger partial charge in [0.15, 0.2) is 0 Å². The Hall–Kier alpha value is -2.26. The normalized spacial score (nSPS) is 12.5. The molecule has 1 unspecified atom stereocenters. The first-order valence-corrected chi connectivity index (χ1v) is 6.27. The topological polar surface area (TPSA) is 51.8 Å². The van der Waals surface area contributed by atoms with E-state index in [9.17, 15) is 0 Å². The molecule has 1 atom stereocenters. The summed E-state index contributed by atoms with van der Waals surface area (Å²) in [4.78, 5) is 8.81. The lowest BCUT2D eigenvalue weighted by Gasteiger charge is -2.12. The van der Waals surface area contributed by atoms with Crippen LogP contribution in [0.4, 0.5) is 0 Å². The van der Waals surface area contributed by atoms with Crippen LogP contribution in [0, 0.1) is 6.92 Å². The molecule has 0 aliphatic rings. The number of rotatable bonds is 2. The zero-order chi connectivity index (χ0) is 13.2. The quantitative estimate of drug-likeness (QED) is 0.759. The second-order valence-electron chi connectivity index (χ2n) is 4.70. The highest BCUT2D eigenvalue weighted by molar-refractivity contribution is 5.78. The lowest BCUT2D eigenvalue weighted by Crippen LogP contribution is -2.14. The van der Waals surface area contributed by atoms with E-state index < -0.39 is 0 Å². The van der Waals surface area contributed by atoms with Gasteiger partial charge in [-0.2, -0.15) is 0 Å². The molecule has 0 spiro atoms. The molecule has 2 N–H and O–H groups in total. The molecule has 0 fully saturated rings. The Morgan fingerprint density at radius 1 is 1.05 bits per heavy atom. The monoisotopic (exact) mass is 249 g/mol. The SMILES string of the molecule is Cc1cncc(C(N)c2ccc3ccccc3n2)c1. The molecular weight excluding hydrogens is 234 g/mol. The molecule has 3 nitrogen and oxygen atoms in total. The highest BCUT2D eigenvalue weighted by Gasteiger charge is 2.11. The van der Waals surface area contributed by atoms with E-state index in [1.807, 2.05) is 43.5 Å². The molecule has 0 bridgehead atoms. The number of benzene rings is 1. The molecule has 0 saturated carbocycles. The minimum atomic E-state index is -0.239. The van der Waals surface area contributed by atoms with E-state index in [1.165, 1.54) is 0 Å². The van der Waals surface area contributed by atoms with Crippen LogP contribution >= 0.6 is 0 Å². The van der Waals surface area contributed by atoms with Crippen molar-refractivity contribution in [2.24, 2.45) is 5.73 Å². The third kappa shape index (κ3) is 2.33. The maximum atomic E-state index is 6.27. The standard InChI is InChI=1S/C16H15N3/c1-11-8-13(10-18-9-11)16(17)15-7-6-12-4-2-3-5-14(12)19-15/h2-10,16H,17H2,1H3. The molecule has 0 aliphatic heterocycles. The third-order valence-electron chi connectivity index (χ3n) is 3.19. The summed E-state index contributed by atoms with van der Waals surface area (Å²) < 4.78 is 0. The number of aromatic nitrogens is 2. The maximum Gasteiger partial charge on any atom is 0.0741 e. The van der Waals surface area contributed by atoms with Gasteiger partial charge in [-0.1, -0.05) is 30.3 Å². The van der Waals surface area contributed by atoms with Crippen molar-refractivity contribution in [3.8, 4) is 0 Å². The van der Waals surface area contributed by atoms with E-state index in [0.29, 0.717) is 0 Å². The van der Waals surface area contributed by atoms with Crippen LogP contribution in [0.25, 0.3) is 10.9 Å². The van der Waals surface area contributed by atoms with Crippen LogP contribution in [0.3, 0.4) is 0 Å². The Balaban J connectivity index is 2.04. The predicted octanol–water partition coefficient (Wildman–Crippen LogP) is 2.99. The van der Waals surface area contributed by atoms with Crippen molar-refractivity contribution >= 4 is 10.9 Å². The number of hydrogen-bond acceptors (Lipinski definition) is 3. The number of para-hydroxylation sites is 1. The lowest BCUT2D eigenvalue weighted by atomic mass is 10.0. The largest absolute Gasteiger partial charge is 0.319 e. The van der Waals surface area contributed by atoms with E-state index in [0.717, 1.165) is 27.7 Å². The second kappa shape index (κ2) is 4.78. The molecule has 0 radical (unpaired) electrons. The zero-order valence-electron chi connectivity index (χ0n) is 10.7.